The Balaban J connectivity index is 0.00000200. The molecule has 1 heterocycles. The minimum Gasteiger partial charge on any atom is -0.478 e. The van der Waals surface area contributed by atoms with Gasteiger partial charge < -0.3 is 14.4 Å². The van der Waals surface area contributed by atoms with Crippen molar-refractivity contribution in [2.75, 3.05) is 0 Å². The van der Waals surface area contributed by atoms with Gasteiger partial charge in [-0.25, -0.2) is 9.78 Å². The lowest BCUT2D eigenvalue weighted by Gasteiger charge is -2.21. The van der Waals surface area contributed by atoms with Crippen LogP contribution in [0, 0.1) is 0 Å². The second-order valence-corrected chi connectivity index (χ2v) is 4.80. The van der Waals surface area contributed by atoms with Crippen LogP contribution in [0.25, 0.3) is 0 Å². The van der Waals surface area contributed by atoms with Crippen LogP contribution in [0.15, 0.2) is 43.0 Å². The summed E-state index contributed by atoms with van der Waals surface area (Å²) in [6, 6.07) is 7.37. The largest absolute Gasteiger partial charge is 0.478 e. The highest BCUT2D eigenvalue weighted by atomic mass is 35.5. The number of aliphatic carboxylic acids is 1. The number of benzene rings is 1. The van der Waals surface area contributed by atoms with E-state index in [9.17, 15) is 4.79 Å². The number of carboxylic acid groups (broad SMARTS) is 1. The standard InChI is InChI=1S/C14H16N2O3.ClH/c1-14(2,13(17)18)19-12-5-3-11(4-6-12)9-16-8-7-15-10-16;/h3-8,10H,9H2,1-2H3,(H,17,18);1H. The van der Waals surface area contributed by atoms with Crippen molar-refractivity contribution in [1.82, 2.24) is 9.55 Å². The van der Waals surface area contributed by atoms with Gasteiger partial charge in [0.2, 0.25) is 0 Å². The van der Waals surface area contributed by atoms with Crippen molar-refractivity contribution in [2.45, 2.75) is 26.0 Å². The summed E-state index contributed by atoms with van der Waals surface area (Å²) in [6.07, 6.45) is 5.36. The van der Waals surface area contributed by atoms with Crippen LogP contribution < -0.4 is 4.74 Å². The lowest BCUT2D eigenvalue weighted by molar-refractivity contribution is -0.152. The molecule has 1 N–H and O–H groups in total. The number of imidazole rings is 1. The molecule has 1 aromatic heterocycles. The average Bonchev–Trinajstić information content (AvgIpc) is 2.84. The maximum Gasteiger partial charge on any atom is 0.347 e. The van der Waals surface area contributed by atoms with Crippen LogP contribution in [0.4, 0.5) is 0 Å². The Bertz CT molecular complexity index is 550. The molecule has 0 aliphatic heterocycles. The van der Waals surface area contributed by atoms with E-state index >= 15 is 0 Å². The Labute approximate surface area is 123 Å². The van der Waals surface area contributed by atoms with E-state index in [-0.39, 0.29) is 12.4 Å². The Morgan fingerprint density at radius 1 is 1.35 bits per heavy atom. The van der Waals surface area contributed by atoms with Gasteiger partial charge in [-0.1, -0.05) is 12.1 Å². The van der Waals surface area contributed by atoms with Gasteiger partial charge >= 0.3 is 5.97 Å². The first-order valence-corrected chi connectivity index (χ1v) is 5.94. The summed E-state index contributed by atoms with van der Waals surface area (Å²) in [5.74, 6) is -0.447. The zero-order valence-electron chi connectivity index (χ0n) is 11.3. The molecule has 0 fully saturated rings. The van der Waals surface area contributed by atoms with Crippen molar-refractivity contribution in [3.05, 3.63) is 48.5 Å². The Kier molecular flexibility index (Phi) is 5.16. The van der Waals surface area contributed by atoms with Crippen LogP contribution in [0.2, 0.25) is 0 Å². The fourth-order valence-corrected chi connectivity index (χ4v) is 1.59. The highest BCUT2D eigenvalue weighted by Gasteiger charge is 2.29. The van der Waals surface area contributed by atoms with Gasteiger partial charge in [-0.3, -0.25) is 0 Å². The molecular formula is C14H17ClN2O3. The van der Waals surface area contributed by atoms with Gasteiger partial charge in [0.1, 0.15) is 5.75 Å². The summed E-state index contributed by atoms with van der Waals surface area (Å²) >= 11 is 0. The molecule has 0 amide bonds. The SMILES string of the molecule is CC(C)(Oc1ccc(Cn2ccnc2)cc1)C(=O)O.Cl. The molecular weight excluding hydrogens is 280 g/mol. The molecule has 2 aromatic rings. The van der Waals surface area contributed by atoms with Crippen LogP contribution in [0.1, 0.15) is 19.4 Å². The minimum absolute atomic E-state index is 0. The van der Waals surface area contributed by atoms with Crippen LogP contribution in [0.3, 0.4) is 0 Å². The van der Waals surface area contributed by atoms with Crippen molar-refractivity contribution in [3.8, 4) is 5.75 Å². The fourth-order valence-electron chi connectivity index (χ4n) is 1.59. The predicted molar refractivity (Wildman–Crippen MR) is 77.4 cm³/mol. The molecule has 2 rings (SSSR count). The first-order chi connectivity index (χ1) is 8.97. The minimum atomic E-state index is -1.23. The maximum absolute atomic E-state index is 11.0. The molecule has 20 heavy (non-hydrogen) atoms. The van der Waals surface area contributed by atoms with Crippen LogP contribution in [0.5, 0.6) is 5.75 Å². The molecule has 0 saturated carbocycles. The molecule has 0 aliphatic rings. The third kappa shape index (κ3) is 3.99. The first kappa shape index (κ1) is 16.0. The van der Waals surface area contributed by atoms with E-state index in [1.54, 1.807) is 24.7 Å². The van der Waals surface area contributed by atoms with Crippen molar-refractivity contribution in [3.63, 3.8) is 0 Å². The third-order valence-electron chi connectivity index (χ3n) is 2.74. The topological polar surface area (TPSA) is 64.4 Å². The summed E-state index contributed by atoms with van der Waals surface area (Å²) < 4.78 is 7.39. The molecule has 0 atom stereocenters. The highest BCUT2D eigenvalue weighted by molar-refractivity contribution is 5.85. The van der Waals surface area contributed by atoms with Crippen molar-refractivity contribution in [1.29, 1.82) is 0 Å². The third-order valence-corrected chi connectivity index (χ3v) is 2.74. The lowest BCUT2D eigenvalue weighted by atomic mass is 10.1. The molecule has 0 aliphatic carbocycles. The van der Waals surface area contributed by atoms with E-state index in [0.717, 1.165) is 12.1 Å². The van der Waals surface area contributed by atoms with Crippen molar-refractivity contribution in [2.24, 2.45) is 0 Å². The van der Waals surface area contributed by atoms with Gasteiger partial charge in [0.15, 0.2) is 5.60 Å². The number of aromatic nitrogens is 2. The molecule has 1 aromatic carbocycles. The summed E-state index contributed by atoms with van der Waals surface area (Å²) in [6.45, 7) is 3.77. The number of rotatable bonds is 5. The van der Waals surface area contributed by atoms with Gasteiger partial charge in [-0.15, -0.1) is 12.4 Å². The molecule has 5 nitrogen and oxygen atoms in total. The Morgan fingerprint density at radius 2 is 2.00 bits per heavy atom. The highest BCUT2D eigenvalue weighted by Crippen LogP contribution is 2.19. The Morgan fingerprint density at radius 3 is 2.50 bits per heavy atom. The van der Waals surface area contributed by atoms with Crippen LogP contribution in [-0.2, 0) is 11.3 Å². The molecule has 6 heteroatoms. The summed E-state index contributed by atoms with van der Waals surface area (Å²) in [7, 11) is 0. The molecule has 0 unspecified atom stereocenters. The number of hydrogen-bond acceptors (Lipinski definition) is 3. The number of carbonyl (C=O) groups is 1. The zero-order chi connectivity index (χ0) is 13.9. The number of ether oxygens (including phenoxy) is 1. The molecule has 0 saturated heterocycles. The van der Waals surface area contributed by atoms with E-state index in [1.807, 2.05) is 22.9 Å². The normalized spacial score (nSPS) is 10.7. The van der Waals surface area contributed by atoms with Crippen molar-refractivity contribution >= 4 is 18.4 Å². The number of carboxylic acids is 1. The van der Waals surface area contributed by atoms with E-state index in [4.69, 9.17) is 9.84 Å². The van der Waals surface area contributed by atoms with Gasteiger partial charge in [0.25, 0.3) is 0 Å². The zero-order valence-corrected chi connectivity index (χ0v) is 12.1. The first-order valence-electron chi connectivity index (χ1n) is 5.94. The lowest BCUT2D eigenvalue weighted by Crippen LogP contribution is -2.37. The van der Waals surface area contributed by atoms with Gasteiger partial charge in [0.05, 0.1) is 6.33 Å². The van der Waals surface area contributed by atoms with Gasteiger partial charge in [0, 0.05) is 18.9 Å². The smallest absolute Gasteiger partial charge is 0.347 e. The summed E-state index contributed by atoms with van der Waals surface area (Å²) in [4.78, 5) is 14.9. The average molecular weight is 297 g/mol. The quantitative estimate of drug-likeness (QED) is 0.921. The number of halogens is 1. The van der Waals surface area contributed by atoms with E-state index < -0.39 is 11.6 Å². The second kappa shape index (κ2) is 6.43. The van der Waals surface area contributed by atoms with Crippen molar-refractivity contribution < 1.29 is 14.6 Å². The maximum atomic E-state index is 11.0. The summed E-state index contributed by atoms with van der Waals surface area (Å²) in [5.41, 5.74) is -0.134. The fraction of sp³-hybridized carbons (Fsp3) is 0.286. The predicted octanol–water partition coefficient (Wildman–Crippen LogP) is 2.60. The Hall–Kier alpha value is -2.01. The molecule has 0 bridgehead atoms. The number of nitrogens with zero attached hydrogens (tertiary/aromatic N) is 2. The van der Waals surface area contributed by atoms with E-state index in [1.165, 1.54) is 13.8 Å². The van der Waals surface area contributed by atoms with E-state index in [0.29, 0.717) is 5.75 Å². The number of hydrogen-bond donors (Lipinski definition) is 1. The van der Waals surface area contributed by atoms with E-state index in [2.05, 4.69) is 4.98 Å². The second-order valence-electron chi connectivity index (χ2n) is 4.80. The van der Waals surface area contributed by atoms with Gasteiger partial charge in [-0.2, -0.15) is 0 Å². The van der Waals surface area contributed by atoms with Crippen LogP contribution in [-0.4, -0.2) is 26.2 Å². The monoisotopic (exact) mass is 296 g/mol. The van der Waals surface area contributed by atoms with Gasteiger partial charge in [-0.05, 0) is 31.5 Å². The molecule has 0 spiro atoms. The van der Waals surface area contributed by atoms with Crippen LogP contribution >= 0.6 is 12.4 Å². The molecule has 0 radical (unpaired) electrons. The molecule has 108 valence electrons. The summed E-state index contributed by atoms with van der Waals surface area (Å²) in [5, 5.41) is 8.99.